The number of para-hydroxylation sites is 2. The van der Waals surface area contributed by atoms with Crippen molar-refractivity contribution in [1.29, 1.82) is 0 Å². The van der Waals surface area contributed by atoms with Gasteiger partial charge in [0.25, 0.3) is 0 Å². The summed E-state index contributed by atoms with van der Waals surface area (Å²) < 4.78 is 4.78. The highest BCUT2D eigenvalue weighted by atomic mass is 32.2. The van der Waals surface area contributed by atoms with Gasteiger partial charge in [-0.05, 0) is 30.7 Å². The monoisotopic (exact) mass is 370 g/mol. The lowest BCUT2D eigenvalue weighted by molar-refractivity contribution is 0.613. The molecule has 3 aromatic rings. The Kier molecular flexibility index (Phi) is 7.19. The van der Waals surface area contributed by atoms with Gasteiger partial charge in [-0.3, -0.25) is 0 Å². The average molecular weight is 371 g/mol. The van der Waals surface area contributed by atoms with Crippen molar-refractivity contribution in [2.75, 3.05) is 10.8 Å². The van der Waals surface area contributed by atoms with Gasteiger partial charge in [0.2, 0.25) is 0 Å². The molecule has 1 heterocycles. The Morgan fingerprint density at radius 2 is 1.60 bits per heavy atom. The van der Waals surface area contributed by atoms with Gasteiger partial charge in [-0.2, -0.15) is 0 Å². The molecule has 1 aromatic heterocycles. The second kappa shape index (κ2) is 9.83. The molecule has 0 saturated carbocycles. The molecule has 132 valence electrons. The molecule has 4 heteroatoms. The third-order valence-corrected chi connectivity index (χ3v) is 6.39. The van der Waals surface area contributed by atoms with Crippen LogP contribution in [0.4, 0.5) is 5.69 Å². The Labute approximate surface area is 159 Å². The number of aromatic nitrogens is 1. The summed E-state index contributed by atoms with van der Waals surface area (Å²) in [6.07, 6.45) is 7.93. The summed E-state index contributed by atoms with van der Waals surface area (Å²) in [5.74, 6) is 0. The summed E-state index contributed by atoms with van der Waals surface area (Å²) in [7, 11) is 0. The highest BCUT2D eigenvalue weighted by Crippen LogP contribution is 2.34. The number of anilines is 1. The van der Waals surface area contributed by atoms with E-state index in [0.717, 1.165) is 16.4 Å². The Morgan fingerprint density at radius 3 is 2.40 bits per heavy atom. The molecule has 0 N–H and O–H groups in total. The number of rotatable bonds is 10. The first-order valence-corrected chi connectivity index (χ1v) is 10.8. The van der Waals surface area contributed by atoms with E-state index in [9.17, 15) is 0 Å². The lowest BCUT2D eigenvalue weighted by Crippen LogP contribution is -2.15. The van der Waals surface area contributed by atoms with Gasteiger partial charge < -0.3 is 4.31 Å². The molecule has 2 aromatic carbocycles. The fraction of sp³-hybridized carbons (Fsp3) is 0.381. The van der Waals surface area contributed by atoms with Crippen LogP contribution in [0, 0.1) is 0 Å². The lowest BCUT2D eigenvalue weighted by atomic mass is 10.1. The number of fused-ring (bicyclic) bond motifs is 1. The van der Waals surface area contributed by atoms with Crippen molar-refractivity contribution in [3.63, 3.8) is 0 Å². The van der Waals surface area contributed by atoms with Gasteiger partial charge in [0, 0.05) is 24.2 Å². The van der Waals surface area contributed by atoms with Gasteiger partial charge in [-0.1, -0.05) is 69.4 Å². The van der Waals surface area contributed by atoms with E-state index in [1.807, 2.05) is 0 Å². The summed E-state index contributed by atoms with van der Waals surface area (Å²) in [6, 6.07) is 19.1. The molecular weight excluding hydrogens is 344 g/mol. The van der Waals surface area contributed by atoms with Gasteiger partial charge in [0.1, 0.15) is 0 Å². The van der Waals surface area contributed by atoms with Crippen molar-refractivity contribution in [3.05, 3.63) is 54.6 Å². The van der Waals surface area contributed by atoms with E-state index in [2.05, 4.69) is 65.8 Å². The summed E-state index contributed by atoms with van der Waals surface area (Å²) >= 11 is 3.56. The third kappa shape index (κ3) is 5.48. The minimum absolute atomic E-state index is 1.07. The molecule has 0 aliphatic carbocycles. The van der Waals surface area contributed by atoms with E-state index in [1.165, 1.54) is 48.9 Å². The molecule has 0 saturated heterocycles. The summed E-state index contributed by atoms with van der Waals surface area (Å²) in [4.78, 5) is 4.79. The van der Waals surface area contributed by atoms with E-state index in [0.29, 0.717) is 0 Å². The average Bonchev–Trinajstić information content (AvgIpc) is 3.07. The van der Waals surface area contributed by atoms with Crippen LogP contribution in [0.2, 0.25) is 0 Å². The number of thiazole rings is 1. The predicted molar refractivity (Wildman–Crippen MR) is 113 cm³/mol. The summed E-state index contributed by atoms with van der Waals surface area (Å²) in [5, 5.41) is 0. The van der Waals surface area contributed by atoms with Crippen LogP contribution < -0.4 is 4.31 Å². The minimum Gasteiger partial charge on any atom is -0.310 e. The van der Waals surface area contributed by atoms with Crippen molar-refractivity contribution in [2.45, 2.75) is 49.8 Å². The van der Waals surface area contributed by atoms with Crippen LogP contribution in [0.5, 0.6) is 0 Å². The maximum absolute atomic E-state index is 4.79. The first-order chi connectivity index (χ1) is 12.4. The molecule has 0 unspecified atom stereocenters. The smallest absolute Gasteiger partial charge is 0.171 e. The van der Waals surface area contributed by atoms with Gasteiger partial charge in [0.15, 0.2) is 4.34 Å². The van der Waals surface area contributed by atoms with Crippen LogP contribution in [-0.4, -0.2) is 11.5 Å². The zero-order chi connectivity index (χ0) is 17.3. The Balaban J connectivity index is 1.64. The van der Waals surface area contributed by atoms with E-state index in [1.54, 1.807) is 23.3 Å². The molecule has 2 nitrogen and oxygen atoms in total. The second-order valence-corrected chi connectivity index (χ2v) is 8.54. The van der Waals surface area contributed by atoms with Crippen LogP contribution in [0.15, 0.2) is 58.9 Å². The minimum atomic E-state index is 1.07. The standard InChI is InChI=1S/C21H26N2S2/c1-2-3-4-5-6-12-17-23(18-13-8-7-9-14-18)25-21-22-19-15-10-11-16-20(19)24-21/h7-11,13-16H,2-6,12,17H2,1H3. The number of benzene rings is 2. The van der Waals surface area contributed by atoms with Crippen molar-refractivity contribution in [2.24, 2.45) is 0 Å². The Bertz CT molecular complexity index is 722. The predicted octanol–water partition coefficient (Wildman–Crippen LogP) is 7.17. The third-order valence-electron chi connectivity index (χ3n) is 4.22. The fourth-order valence-electron chi connectivity index (χ4n) is 2.84. The normalized spacial score (nSPS) is 11.1. The molecule has 0 aliphatic heterocycles. The largest absolute Gasteiger partial charge is 0.310 e. The molecule has 0 spiro atoms. The number of unbranched alkanes of at least 4 members (excludes halogenated alkanes) is 5. The van der Waals surface area contributed by atoms with Crippen molar-refractivity contribution < 1.29 is 0 Å². The molecule has 3 rings (SSSR count). The maximum atomic E-state index is 4.79. The maximum Gasteiger partial charge on any atom is 0.171 e. The van der Waals surface area contributed by atoms with Gasteiger partial charge >= 0.3 is 0 Å². The van der Waals surface area contributed by atoms with Crippen molar-refractivity contribution in [1.82, 2.24) is 4.98 Å². The number of nitrogens with zero attached hydrogens (tertiary/aromatic N) is 2. The van der Waals surface area contributed by atoms with Crippen LogP contribution >= 0.6 is 23.3 Å². The highest BCUT2D eigenvalue weighted by Gasteiger charge is 2.12. The van der Waals surface area contributed by atoms with Gasteiger partial charge in [-0.25, -0.2) is 4.98 Å². The molecule has 0 amide bonds. The van der Waals surface area contributed by atoms with Gasteiger partial charge in [-0.15, -0.1) is 11.3 Å². The zero-order valence-corrected chi connectivity index (χ0v) is 16.5. The van der Waals surface area contributed by atoms with Crippen molar-refractivity contribution >= 4 is 39.2 Å². The molecule has 25 heavy (non-hydrogen) atoms. The highest BCUT2D eigenvalue weighted by molar-refractivity contribution is 8.02. The quantitative estimate of drug-likeness (QED) is 0.278. The number of hydrogen-bond donors (Lipinski definition) is 0. The SMILES string of the molecule is CCCCCCCCN(Sc1nc2ccccc2s1)c1ccccc1. The van der Waals surface area contributed by atoms with E-state index in [-0.39, 0.29) is 0 Å². The molecule has 0 bridgehead atoms. The molecular formula is C21H26N2S2. The Hall–Kier alpha value is -1.52. The van der Waals surface area contributed by atoms with Gasteiger partial charge in [0.05, 0.1) is 10.2 Å². The first kappa shape index (κ1) is 18.3. The van der Waals surface area contributed by atoms with E-state index < -0.39 is 0 Å². The van der Waals surface area contributed by atoms with Crippen LogP contribution in [0.25, 0.3) is 10.2 Å². The fourth-order valence-corrected chi connectivity index (χ4v) is 5.00. The first-order valence-electron chi connectivity index (χ1n) is 9.23. The molecule has 0 atom stereocenters. The van der Waals surface area contributed by atoms with E-state index >= 15 is 0 Å². The lowest BCUT2D eigenvalue weighted by Gasteiger charge is -2.22. The molecule has 0 radical (unpaired) electrons. The number of hydrogen-bond acceptors (Lipinski definition) is 4. The molecule has 0 aliphatic rings. The second-order valence-electron chi connectivity index (χ2n) is 6.24. The summed E-state index contributed by atoms with van der Waals surface area (Å²) in [6.45, 7) is 3.34. The van der Waals surface area contributed by atoms with E-state index in [4.69, 9.17) is 4.98 Å². The summed E-state index contributed by atoms with van der Waals surface area (Å²) in [5.41, 5.74) is 2.36. The van der Waals surface area contributed by atoms with Crippen LogP contribution in [0.1, 0.15) is 45.4 Å². The topological polar surface area (TPSA) is 16.1 Å². The molecule has 0 fully saturated rings. The van der Waals surface area contributed by atoms with Crippen LogP contribution in [0.3, 0.4) is 0 Å². The zero-order valence-electron chi connectivity index (χ0n) is 14.9. The Morgan fingerprint density at radius 1 is 0.880 bits per heavy atom. The van der Waals surface area contributed by atoms with Crippen LogP contribution in [-0.2, 0) is 0 Å². The van der Waals surface area contributed by atoms with Crippen molar-refractivity contribution in [3.8, 4) is 0 Å².